The van der Waals surface area contributed by atoms with Crippen molar-refractivity contribution in [3.63, 3.8) is 0 Å². The lowest BCUT2D eigenvalue weighted by molar-refractivity contribution is 0.00578. The fourth-order valence-electron chi connectivity index (χ4n) is 16.2. The fourth-order valence-corrected chi connectivity index (χ4v) is 16.5. The Labute approximate surface area is 737 Å². The summed E-state index contributed by atoms with van der Waals surface area (Å²) in [7, 11) is -0.329. The number of para-hydroxylation sites is 2. The normalized spacial score (nSPS) is 12.6. The van der Waals surface area contributed by atoms with Gasteiger partial charge in [0.05, 0.1) is 46.5 Å². The van der Waals surface area contributed by atoms with Crippen molar-refractivity contribution in [2.24, 2.45) is 0 Å². The van der Waals surface area contributed by atoms with Gasteiger partial charge in [-0.05, 0) is 301 Å². The van der Waals surface area contributed by atoms with Gasteiger partial charge in [-0.25, -0.2) is 0 Å². The van der Waals surface area contributed by atoms with Crippen molar-refractivity contribution >= 4 is 107 Å². The number of aromatic nitrogens is 2. The topological polar surface area (TPSA) is 70.8 Å². The van der Waals surface area contributed by atoms with Gasteiger partial charge in [0.25, 0.3) is 0 Å². The maximum Gasteiger partial charge on any atom is 0.494 e. The van der Waals surface area contributed by atoms with Crippen molar-refractivity contribution in [3.05, 3.63) is 428 Å². The van der Waals surface area contributed by atoms with E-state index in [0.29, 0.717) is 0 Å². The molecule has 124 heavy (non-hydrogen) atoms. The SMILES string of the molecule is C=Cc1ccc(OCCCCc2ccc(-c3ccc4c(c3)c3cc(-c5ccc(Nc6ccc(-c7ccccc7)cc6)cc5)ccc3n4-c3ccccc3)cc2)cc1.C=Cc1ccc(OCCCCc2ccc(-c3ccc4c(c3)c3cc(Br)ccc3n4-c3ccccc3)cc2)cc1.CC1(C)OB(c2ccc(Nc3ccc(-c4ccccc4)cc3)cc2)OC1(C)C. The van der Waals surface area contributed by atoms with Crippen molar-refractivity contribution in [3.8, 4) is 78.5 Å². The summed E-state index contributed by atoms with van der Waals surface area (Å²) in [4.78, 5) is 0. The lowest BCUT2D eigenvalue weighted by atomic mass is 9.79. The van der Waals surface area contributed by atoms with Crippen LogP contribution in [0, 0.1) is 0 Å². The fraction of sp³-hybridized carbons (Fsp3) is 0.123. The molecule has 0 amide bonds. The molecule has 0 unspecified atom stereocenters. The average Bonchev–Trinajstić information content (AvgIpc) is 1.59. The average molecular weight is 1680 g/mol. The first-order chi connectivity index (χ1) is 60.7. The van der Waals surface area contributed by atoms with Crippen molar-refractivity contribution in [1.29, 1.82) is 0 Å². The van der Waals surface area contributed by atoms with Gasteiger partial charge in [-0.2, -0.15) is 0 Å². The molecule has 19 rings (SSSR count). The number of benzene rings is 16. The molecule has 0 aliphatic carbocycles. The van der Waals surface area contributed by atoms with E-state index in [9.17, 15) is 0 Å². The van der Waals surface area contributed by atoms with E-state index in [4.69, 9.17) is 18.8 Å². The molecular weight excluding hydrogens is 1580 g/mol. The summed E-state index contributed by atoms with van der Waals surface area (Å²) in [5.41, 5.74) is 28.8. The van der Waals surface area contributed by atoms with Crippen molar-refractivity contribution in [2.75, 3.05) is 23.8 Å². The molecule has 1 aliphatic rings. The Morgan fingerprint density at radius 3 is 0.952 bits per heavy atom. The minimum absolute atomic E-state index is 0.324. The molecule has 2 aromatic heterocycles. The molecule has 1 aliphatic heterocycles. The van der Waals surface area contributed by atoms with Crippen LogP contribution in [-0.2, 0) is 22.2 Å². The lowest BCUT2D eigenvalue weighted by Crippen LogP contribution is -2.41. The number of rotatable bonds is 26. The summed E-state index contributed by atoms with van der Waals surface area (Å²) in [6, 6.07) is 138. The van der Waals surface area contributed by atoms with E-state index < -0.39 is 0 Å². The number of ether oxygens (including phenoxy) is 2. The van der Waals surface area contributed by atoms with E-state index in [1.165, 1.54) is 116 Å². The first kappa shape index (κ1) is 82.6. The number of fused-ring (bicyclic) bond motifs is 6. The first-order valence-electron chi connectivity index (χ1n) is 43.0. The number of hydrogen-bond donors (Lipinski definition) is 2. The molecule has 0 radical (unpaired) electrons. The second-order valence-electron chi connectivity index (χ2n) is 32.7. The summed E-state index contributed by atoms with van der Waals surface area (Å²) < 4.78 is 29.9. The molecule has 0 bridgehead atoms. The molecule has 0 spiro atoms. The molecule has 18 aromatic rings. The highest BCUT2D eigenvalue weighted by Crippen LogP contribution is 2.42. The quantitative estimate of drug-likeness (QED) is 0.0416. The molecule has 1 saturated heterocycles. The Kier molecular flexibility index (Phi) is 25.4. The van der Waals surface area contributed by atoms with Crippen molar-refractivity contribution in [1.82, 2.24) is 9.13 Å². The number of halogens is 1. The largest absolute Gasteiger partial charge is 0.494 e. The van der Waals surface area contributed by atoms with E-state index >= 15 is 0 Å². The number of unbranched alkanes of at least 4 members (excludes halogenated alkanes) is 2. The van der Waals surface area contributed by atoms with Crippen LogP contribution in [0.1, 0.15) is 75.6 Å². The zero-order valence-electron chi connectivity index (χ0n) is 70.7. The first-order valence-corrected chi connectivity index (χ1v) is 43.7. The molecule has 1 fully saturated rings. The van der Waals surface area contributed by atoms with Crippen LogP contribution in [0.25, 0.3) is 123 Å². The van der Waals surface area contributed by atoms with Crippen LogP contribution in [0.5, 0.6) is 11.5 Å². The molecular formula is C114H100BBrN4O4. The lowest BCUT2D eigenvalue weighted by Gasteiger charge is -2.32. The Balaban J connectivity index is 0.000000141. The second-order valence-corrected chi connectivity index (χ2v) is 33.6. The standard InChI is InChI=1S/C54H44N2O.C36H30BrNO.C24H26BNO2/c1-2-39-18-32-50(33-19-39)57-36-10-9-11-40-16-20-43(21-17-40)45-26-34-53-51(37-45)52-38-46(27-35-54(52)56(53)49-14-7-4-8-15-49)44-24-30-48(31-25-44)55-47-28-22-42(23-29-47)41-12-5-3-6-13-41;1-2-26-13-19-32(20-14-26)39-23-7-6-8-27-11-15-28(16-12-27)29-17-21-35-33(24-29)34-25-30(37)18-22-36(34)38(35)31-9-4-3-5-10-31;1-23(2)24(3,4)28-25(27-23)20-12-16-22(17-13-20)26-21-14-10-19(11-15-21)18-8-6-5-7-9-18/h2-8,12-35,37-38,55H,1,9-11,36H2;2-5,9-22,24-25H,1,6-8,23H2;5-17,26H,1-4H3. The summed E-state index contributed by atoms with van der Waals surface area (Å²) in [5, 5.41) is 12.0. The number of anilines is 4. The van der Waals surface area contributed by atoms with Gasteiger partial charge < -0.3 is 38.6 Å². The van der Waals surface area contributed by atoms with E-state index in [1.807, 2.05) is 72.8 Å². The summed E-state index contributed by atoms with van der Waals surface area (Å²) in [5.74, 6) is 1.83. The highest BCUT2D eigenvalue weighted by atomic mass is 79.9. The monoisotopic (exact) mass is 1680 g/mol. The van der Waals surface area contributed by atoms with E-state index in [-0.39, 0.29) is 18.3 Å². The van der Waals surface area contributed by atoms with Crippen LogP contribution in [0.15, 0.2) is 406 Å². The number of aryl methyl sites for hydroxylation is 2. The van der Waals surface area contributed by atoms with Gasteiger partial charge >= 0.3 is 7.12 Å². The summed E-state index contributed by atoms with van der Waals surface area (Å²) in [6.07, 6.45) is 10.0. The van der Waals surface area contributed by atoms with Crippen LogP contribution in [-0.4, -0.2) is 40.7 Å². The summed E-state index contributed by atoms with van der Waals surface area (Å²) in [6.45, 7) is 17.4. The maximum atomic E-state index is 6.12. The third-order valence-corrected chi connectivity index (χ3v) is 24.3. The van der Waals surface area contributed by atoms with Gasteiger partial charge in [0.15, 0.2) is 0 Å². The Morgan fingerprint density at radius 2 is 0.605 bits per heavy atom. The van der Waals surface area contributed by atoms with Crippen molar-refractivity contribution in [2.45, 2.75) is 77.4 Å². The minimum atomic E-state index is -0.329. The van der Waals surface area contributed by atoms with E-state index in [2.05, 4.69) is 404 Å². The Bertz CT molecular complexity index is 6620. The van der Waals surface area contributed by atoms with Crippen LogP contribution in [0.2, 0.25) is 0 Å². The maximum absolute atomic E-state index is 6.12. The molecule has 3 heterocycles. The predicted octanol–water partition coefficient (Wildman–Crippen LogP) is 30.2. The van der Waals surface area contributed by atoms with Gasteiger partial charge in [0, 0.05) is 60.1 Å². The van der Waals surface area contributed by atoms with Crippen molar-refractivity contribution < 1.29 is 18.8 Å². The molecule has 2 N–H and O–H groups in total. The van der Waals surface area contributed by atoms with Crippen LogP contribution < -0.4 is 25.6 Å². The molecule has 8 nitrogen and oxygen atoms in total. The summed E-state index contributed by atoms with van der Waals surface area (Å²) >= 11 is 3.68. The van der Waals surface area contributed by atoms with Crippen LogP contribution >= 0.6 is 15.9 Å². The van der Waals surface area contributed by atoms with Crippen LogP contribution in [0.3, 0.4) is 0 Å². The molecule has 16 aromatic carbocycles. The highest BCUT2D eigenvalue weighted by Gasteiger charge is 2.51. The number of nitrogens with zero attached hydrogens (tertiary/aromatic N) is 2. The minimum Gasteiger partial charge on any atom is -0.494 e. The van der Waals surface area contributed by atoms with E-state index in [0.717, 1.165) is 113 Å². The van der Waals surface area contributed by atoms with Crippen LogP contribution in [0.4, 0.5) is 22.7 Å². The van der Waals surface area contributed by atoms with Gasteiger partial charge in [-0.1, -0.05) is 278 Å². The van der Waals surface area contributed by atoms with Gasteiger partial charge in [-0.3, -0.25) is 0 Å². The van der Waals surface area contributed by atoms with E-state index in [1.54, 1.807) is 0 Å². The molecule has 0 atom stereocenters. The second kappa shape index (κ2) is 38.1. The molecule has 0 saturated carbocycles. The zero-order chi connectivity index (χ0) is 84.8. The third kappa shape index (κ3) is 19.4. The Morgan fingerprint density at radius 1 is 0.315 bits per heavy atom. The third-order valence-electron chi connectivity index (χ3n) is 23.8. The zero-order valence-corrected chi connectivity index (χ0v) is 72.2. The predicted molar refractivity (Wildman–Crippen MR) is 528 cm³/mol. The Hall–Kier alpha value is -13.7. The highest BCUT2D eigenvalue weighted by molar-refractivity contribution is 9.10. The smallest absolute Gasteiger partial charge is 0.494 e. The number of nitrogens with one attached hydrogen (secondary N) is 2. The van der Waals surface area contributed by atoms with Gasteiger partial charge in [-0.15, -0.1) is 0 Å². The number of hydrogen-bond acceptors (Lipinski definition) is 6. The molecule has 610 valence electrons. The molecule has 10 heteroatoms. The van der Waals surface area contributed by atoms with Gasteiger partial charge in [0.1, 0.15) is 11.5 Å². The van der Waals surface area contributed by atoms with Gasteiger partial charge in [0.2, 0.25) is 0 Å².